The third-order valence-electron chi connectivity index (χ3n) is 4.44. The Kier molecular flexibility index (Phi) is 4.43. The summed E-state index contributed by atoms with van der Waals surface area (Å²) in [5, 5.41) is 0. The molecule has 0 aliphatic carbocycles. The number of halogens is 3. The van der Waals surface area contributed by atoms with Crippen LogP contribution in [0.3, 0.4) is 0 Å². The fraction of sp³-hybridized carbons (Fsp3) is 0.278. The van der Waals surface area contributed by atoms with Crippen molar-refractivity contribution in [2.75, 3.05) is 36.0 Å². The molecule has 1 aliphatic rings. The van der Waals surface area contributed by atoms with Crippen molar-refractivity contribution in [3.05, 3.63) is 60.8 Å². The third-order valence-corrected chi connectivity index (χ3v) is 4.44. The molecule has 27 heavy (non-hydrogen) atoms. The van der Waals surface area contributed by atoms with Crippen LogP contribution in [0.4, 0.5) is 24.8 Å². The SMILES string of the molecule is FC(F)(F)c1cccc(N2CCN(c3cccc(-n4ccnc4)n3)CC2)n1. The molecule has 0 radical (unpaired) electrons. The van der Waals surface area contributed by atoms with Gasteiger partial charge in [-0.1, -0.05) is 12.1 Å². The lowest BCUT2D eigenvalue weighted by Gasteiger charge is -2.36. The normalized spacial score (nSPS) is 15.2. The van der Waals surface area contributed by atoms with Crippen molar-refractivity contribution >= 4 is 11.6 Å². The Morgan fingerprint density at radius 3 is 1.96 bits per heavy atom. The van der Waals surface area contributed by atoms with Crippen LogP contribution in [0.15, 0.2) is 55.1 Å². The Hall–Kier alpha value is -3.10. The van der Waals surface area contributed by atoms with Crippen LogP contribution in [0, 0.1) is 0 Å². The van der Waals surface area contributed by atoms with Gasteiger partial charge in [0, 0.05) is 38.6 Å². The monoisotopic (exact) mass is 374 g/mol. The minimum atomic E-state index is -4.44. The molecule has 1 aliphatic heterocycles. The van der Waals surface area contributed by atoms with Crippen LogP contribution < -0.4 is 9.80 Å². The first-order chi connectivity index (χ1) is 13.0. The summed E-state index contributed by atoms with van der Waals surface area (Å²) in [7, 11) is 0. The molecule has 140 valence electrons. The molecule has 3 aromatic heterocycles. The van der Waals surface area contributed by atoms with Gasteiger partial charge in [0.1, 0.15) is 29.5 Å². The second-order valence-corrected chi connectivity index (χ2v) is 6.18. The molecule has 1 saturated heterocycles. The largest absolute Gasteiger partial charge is 0.433 e. The quantitative estimate of drug-likeness (QED) is 0.705. The zero-order chi connectivity index (χ0) is 18.9. The van der Waals surface area contributed by atoms with Gasteiger partial charge in [-0.25, -0.2) is 15.0 Å². The van der Waals surface area contributed by atoms with Gasteiger partial charge in [-0.3, -0.25) is 4.57 Å². The van der Waals surface area contributed by atoms with Crippen LogP contribution in [0.5, 0.6) is 0 Å². The number of anilines is 2. The van der Waals surface area contributed by atoms with Gasteiger partial charge in [-0.15, -0.1) is 0 Å². The summed E-state index contributed by atoms with van der Waals surface area (Å²) in [5.74, 6) is 1.95. The first-order valence-electron chi connectivity index (χ1n) is 8.50. The maximum atomic E-state index is 12.9. The van der Waals surface area contributed by atoms with E-state index in [-0.39, 0.29) is 0 Å². The second kappa shape index (κ2) is 6.90. The highest BCUT2D eigenvalue weighted by molar-refractivity contribution is 5.47. The maximum absolute atomic E-state index is 12.9. The van der Waals surface area contributed by atoms with Crippen molar-refractivity contribution < 1.29 is 13.2 Å². The third kappa shape index (κ3) is 3.71. The number of hydrogen-bond donors (Lipinski definition) is 0. The van der Waals surface area contributed by atoms with E-state index in [1.165, 1.54) is 6.07 Å². The number of rotatable bonds is 3. The number of aromatic nitrogens is 4. The minimum absolute atomic E-state index is 0.351. The zero-order valence-corrected chi connectivity index (χ0v) is 14.3. The van der Waals surface area contributed by atoms with Crippen molar-refractivity contribution in [1.29, 1.82) is 0 Å². The minimum Gasteiger partial charge on any atom is -0.353 e. The number of imidazole rings is 1. The maximum Gasteiger partial charge on any atom is 0.433 e. The Bertz CT molecular complexity index is 901. The van der Waals surface area contributed by atoms with Crippen molar-refractivity contribution in [2.24, 2.45) is 0 Å². The highest BCUT2D eigenvalue weighted by atomic mass is 19.4. The molecule has 0 spiro atoms. The Labute approximate surface area is 153 Å². The summed E-state index contributed by atoms with van der Waals surface area (Å²) >= 11 is 0. The highest BCUT2D eigenvalue weighted by Gasteiger charge is 2.33. The summed E-state index contributed by atoms with van der Waals surface area (Å²) in [6.07, 6.45) is 0.761. The molecule has 4 rings (SSSR count). The van der Waals surface area contributed by atoms with Gasteiger partial charge in [-0.2, -0.15) is 13.2 Å². The second-order valence-electron chi connectivity index (χ2n) is 6.18. The molecule has 0 aromatic carbocycles. The van der Waals surface area contributed by atoms with E-state index in [4.69, 9.17) is 0 Å². The van der Waals surface area contributed by atoms with Gasteiger partial charge in [0.25, 0.3) is 0 Å². The van der Waals surface area contributed by atoms with E-state index in [0.29, 0.717) is 32.0 Å². The van der Waals surface area contributed by atoms with E-state index >= 15 is 0 Å². The van der Waals surface area contributed by atoms with Gasteiger partial charge in [0.2, 0.25) is 0 Å². The molecule has 3 aromatic rings. The van der Waals surface area contributed by atoms with Crippen LogP contribution in [-0.4, -0.2) is 45.7 Å². The van der Waals surface area contributed by atoms with Gasteiger partial charge in [0.05, 0.1) is 0 Å². The first kappa shape index (κ1) is 17.3. The molecule has 4 heterocycles. The van der Waals surface area contributed by atoms with E-state index in [1.807, 2.05) is 33.9 Å². The molecule has 1 fully saturated rings. The van der Waals surface area contributed by atoms with E-state index in [0.717, 1.165) is 17.7 Å². The molecule has 6 nitrogen and oxygen atoms in total. The number of piperazine rings is 1. The molecule has 0 saturated carbocycles. The van der Waals surface area contributed by atoms with Crippen molar-refractivity contribution in [3.8, 4) is 5.82 Å². The van der Waals surface area contributed by atoms with Crippen LogP contribution >= 0.6 is 0 Å². The van der Waals surface area contributed by atoms with E-state index in [2.05, 4.69) is 19.9 Å². The fourth-order valence-corrected chi connectivity index (χ4v) is 3.05. The average Bonchev–Trinajstić information content (AvgIpc) is 3.23. The predicted octanol–water partition coefficient (Wildman–Crippen LogP) is 3.01. The molecular formula is C18H17F3N6. The van der Waals surface area contributed by atoms with Crippen LogP contribution in [0.2, 0.25) is 0 Å². The number of pyridine rings is 2. The van der Waals surface area contributed by atoms with Gasteiger partial charge >= 0.3 is 6.18 Å². The van der Waals surface area contributed by atoms with Crippen molar-refractivity contribution in [3.63, 3.8) is 0 Å². The first-order valence-corrected chi connectivity index (χ1v) is 8.50. The van der Waals surface area contributed by atoms with E-state index < -0.39 is 11.9 Å². The summed E-state index contributed by atoms with van der Waals surface area (Å²) in [6, 6.07) is 9.76. The molecular weight excluding hydrogens is 357 g/mol. The Morgan fingerprint density at radius 2 is 1.37 bits per heavy atom. The molecule has 9 heteroatoms. The predicted molar refractivity (Wildman–Crippen MR) is 95.0 cm³/mol. The number of hydrogen-bond acceptors (Lipinski definition) is 5. The lowest BCUT2D eigenvalue weighted by Crippen LogP contribution is -2.47. The molecule has 0 atom stereocenters. The van der Waals surface area contributed by atoms with Gasteiger partial charge < -0.3 is 9.80 Å². The van der Waals surface area contributed by atoms with Crippen LogP contribution in [0.1, 0.15) is 5.69 Å². The van der Waals surface area contributed by atoms with Crippen LogP contribution in [-0.2, 0) is 6.18 Å². The van der Waals surface area contributed by atoms with Crippen molar-refractivity contribution in [2.45, 2.75) is 6.18 Å². The van der Waals surface area contributed by atoms with Crippen molar-refractivity contribution in [1.82, 2.24) is 19.5 Å². The molecule has 0 amide bonds. The van der Waals surface area contributed by atoms with E-state index in [1.54, 1.807) is 18.6 Å². The topological polar surface area (TPSA) is 50.1 Å². The smallest absolute Gasteiger partial charge is 0.353 e. The van der Waals surface area contributed by atoms with Gasteiger partial charge in [-0.05, 0) is 24.3 Å². The van der Waals surface area contributed by atoms with E-state index in [9.17, 15) is 13.2 Å². The summed E-state index contributed by atoms with van der Waals surface area (Å²) in [4.78, 5) is 16.4. The Balaban J connectivity index is 1.46. The fourth-order valence-electron chi connectivity index (χ4n) is 3.05. The summed E-state index contributed by atoms with van der Waals surface area (Å²) in [6.45, 7) is 2.45. The summed E-state index contributed by atoms with van der Waals surface area (Å²) < 4.78 is 40.4. The van der Waals surface area contributed by atoms with Crippen LogP contribution in [0.25, 0.3) is 5.82 Å². The lowest BCUT2D eigenvalue weighted by molar-refractivity contribution is -0.141. The zero-order valence-electron chi connectivity index (χ0n) is 14.3. The number of nitrogens with zero attached hydrogens (tertiary/aromatic N) is 6. The molecule has 0 N–H and O–H groups in total. The lowest BCUT2D eigenvalue weighted by atomic mass is 10.2. The standard InChI is InChI=1S/C18H17F3N6/c19-18(20,21)14-3-1-4-15(23-14)25-9-11-26(12-10-25)16-5-2-6-17(24-16)27-8-7-22-13-27/h1-8,13H,9-12H2. The highest BCUT2D eigenvalue weighted by Crippen LogP contribution is 2.29. The molecule has 0 bridgehead atoms. The van der Waals surface area contributed by atoms with Gasteiger partial charge in [0.15, 0.2) is 0 Å². The average molecular weight is 374 g/mol. The summed E-state index contributed by atoms with van der Waals surface area (Å²) in [5.41, 5.74) is -0.864. The Morgan fingerprint density at radius 1 is 0.778 bits per heavy atom. The number of alkyl halides is 3. The molecule has 0 unspecified atom stereocenters.